The van der Waals surface area contributed by atoms with Crippen molar-refractivity contribution in [3.8, 4) is 11.5 Å². The topological polar surface area (TPSA) is 55.8 Å². The summed E-state index contributed by atoms with van der Waals surface area (Å²) in [5.41, 5.74) is 1.30. The van der Waals surface area contributed by atoms with E-state index in [1.165, 1.54) is 0 Å². The Labute approximate surface area is 99.5 Å². The van der Waals surface area contributed by atoms with Crippen LogP contribution in [0.4, 0.5) is 0 Å². The van der Waals surface area contributed by atoms with Crippen molar-refractivity contribution in [3.05, 3.63) is 29.3 Å². The summed E-state index contributed by atoms with van der Waals surface area (Å²) < 4.78 is 10.4. The number of aliphatic hydroxyl groups is 1. The zero-order valence-electron chi connectivity index (χ0n) is 9.60. The molecule has 4 heteroatoms. The fourth-order valence-electron chi connectivity index (χ4n) is 1.79. The van der Waals surface area contributed by atoms with Crippen molar-refractivity contribution >= 4 is 5.94 Å². The normalized spacial score (nSPS) is 14.2. The van der Waals surface area contributed by atoms with Crippen LogP contribution in [-0.2, 0) is 11.2 Å². The smallest absolute Gasteiger partial charge is 0.231 e. The lowest BCUT2D eigenvalue weighted by atomic mass is 10.0. The summed E-state index contributed by atoms with van der Waals surface area (Å²) in [5.74, 6) is 3.18. The van der Waals surface area contributed by atoms with E-state index in [1.807, 2.05) is 19.1 Å². The van der Waals surface area contributed by atoms with Gasteiger partial charge in [-0.1, -0.05) is 13.0 Å². The summed E-state index contributed by atoms with van der Waals surface area (Å²) in [6.45, 7) is 2.05. The first-order valence-corrected chi connectivity index (χ1v) is 5.55. The molecule has 0 bridgehead atoms. The van der Waals surface area contributed by atoms with Gasteiger partial charge in [0.25, 0.3) is 0 Å². The second-order valence-corrected chi connectivity index (χ2v) is 3.89. The van der Waals surface area contributed by atoms with Gasteiger partial charge in [-0.25, -0.2) is 4.79 Å². The number of rotatable bonds is 4. The Morgan fingerprint density at radius 2 is 2.24 bits per heavy atom. The van der Waals surface area contributed by atoms with Gasteiger partial charge in [0.2, 0.25) is 6.79 Å². The molecule has 1 atom stereocenters. The molecule has 1 heterocycles. The highest BCUT2D eigenvalue weighted by atomic mass is 16.7. The standard InChI is InChI=1S/C13H14O4/c1-2-10(7-14)11(15)5-9-3-4-12-13(6-9)17-8-16-12/h3-4,6,11,15H,2,5,8H2,1H3. The molecule has 1 aromatic carbocycles. The van der Waals surface area contributed by atoms with Gasteiger partial charge in [0.05, 0.1) is 6.10 Å². The van der Waals surface area contributed by atoms with Crippen LogP contribution in [0.25, 0.3) is 0 Å². The first-order valence-electron chi connectivity index (χ1n) is 5.55. The van der Waals surface area contributed by atoms with Crippen LogP contribution in [0.5, 0.6) is 11.5 Å². The van der Waals surface area contributed by atoms with Gasteiger partial charge in [0, 0.05) is 12.0 Å². The minimum absolute atomic E-state index is 0.232. The summed E-state index contributed by atoms with van der Waals surface area (Å²) >= 11 is 0. The molecule has 0 saturated heterocycles. The van der Waals surface area contributed by atoms with E-state index in [0.29, 0.717) is 29.9 Å². The third-order valence-corrected chi connectivity index (χ3v) is 2.78. The van der Waals surface area contributed by atoms with E-state index in [0.717, 1.165) is 5.56 Å². The van der Waals surface area contributed by atoms with Crippen molar-refractivity contribution in [2.24, 2.45) is 0 Å². The lowest BCUT2D eigenvalue weighted by Gasteiger charge is -2.10. The maximum atomic E-state index is 10.6. The SMILES string of the molecule is CCC(=C=O)C(O)Cc1ccc2c(c1)OCO2. The van der Waals surface area contributed by atoms with Crippen LogP contribution in [0.1, 0.15) is 18.9 Å². The third-order valence-electron chi connectivity index (χ3n) is 2.78. The molecule has 1 unspecified atom stereocenters. The summed E-state index contributed by atoms with van der Waals surface area (Å²) in [4.78, 5) is 10.6. The number of fused-ring (bicyclic) bond motifs is 1. The van der Waals surface area contributed by atoms with Crippen LogP contribution in [0.2, 0.25) is 0 Å². The number of hydrogen-bond acceptors (Lipinski definition) is 4. The summed E-state index contributed by atoms with van der Waals surface area (Å²) in [7, 11) is 0. The molecular formula is C13H14O4. The summed E-state index contributed by atoms with van der Waals surface area (Å²) in [6.07, 6.45) is 0.113. The molecular weight excluding hydrogens is 220 g/mol. The van der Waals surface area contributed by atoms with Crippen LogP contribution in [-0.4, -0.2) is 23.9 Å². The van der Waals surface area contributed by atoms with E-state index in [9.17, 15) is 9.90 Å². The molecule has 90 valence electrons. The molecule has 0 amide bonds. The highest BCUT2D eigenvalue weighted by molar-refractivity contribution is 5.54. The molecule has 1 aromatic rings. The third kappa shape index (κ3) is 2.49. The van der Waals surface area contributed by atoms with E-state index in [4.69, 9.17) is 9.47 Å². The van der Waals surface area contributed by atoms with Crippen molar-refractivity contribution in [3.63, 3.8) is 0 Å². The van der Waals surface area contributed by atoms with Crippen molar-refractivity contribution < 1.29 is 19.4 Å². The first kappa shape index (κ1) is 11.7. The Kier molecular flexibility index (Phi) is 3.47. The Morgan fingerprint density at radius 3 is 2.94 bits per heavy atom. The number of hydrogen-bond donors (Lipinski definition) is 1. The molecule has 0 spiro atoms. The monoisotopic (exact) mass is 234 g/mol. The minimum atomic E-state index is -0.780. The van der Waals surface area contributed by atoms with Crippen LogP contribution in [0.15, 0.2) is 23.8 Å². The summed E-state index contributed by atoms with van der Waals surface area (Å²) in [5, 5.41) is 9.84. The van der Waals surface area contributed by atoms with Gasteiger partial charge in [-0.2, -0.15) is 0 Å². The van der Waals surface area contributed by atoms with Gasteiger partial charge in [-0.15, -0.1) is 0 Å². The van der Waals surface area contributed by atoms with Crippen molar-refractivity contribution in [2.45, 2.75) is 25.9 Å². The molecule has 1 N–H and O–H groups in total. The van der Waals surface area contributed by atoms with Gasteiger partial charge in [-0.05, 0) is 24.1 Å². The van der Waals surface area contributed by atoms with E-state index in [-0.39, 0.29) is 6.79 Å². The van der Waals surface area contributed by atoms with Crippen LogP contribution >= 0.6 is 0 Å². The molecule has 0 radical (unpaired) electrons. The fraction of sp³-hybridized carbons (Fsp3) is 0.385. The largest absolute Gasteiger partial charge is 0.454 e. The minimum Gasteiger partial charge on any atom is -0.454 e. The van der Waals surface area contributed by atoms with Gasteiger partial charge in [0.15, 0.2) is 11.5 Å². The van der Waals surface area contributed by atoms with E-state index < -0.39 is 6.10 Å². The van der Waals surface area contributed by atoms with Gasteiger partial charge in [-0.3, -0.25) is 0 Å². The average molecular weight is 234 g/mol. The molecule has 0 saturated carbocycles. The molecule has 0 aliphatic carbocycles. The highest BCUT2D eigenvalue weighted by Gasteiger charge is 2.16. The Morgan fingerprint density at radius 1 is 1.47 bits per heavy atom. The maximum Gasteiger partial charge on any atom is 0.231 e. The lowest BCUT2D eigenvalue weighted by molar-refractivity contribution is 0.174. The zero-order valence-corrected chi connectivity index (χ0v) is 9.60. The van der Waals surface area contributed by atoms with E-state index >= 15 is 0 Å². The van der Waals surface area contributed by atoms with Crippen molar-refractivity contribution in [2.75, 3.05) is 6.79 Å². The average Bonchev–Trinajstić information content (AvgIpc) is 2.77. The number of aliphatic hydroxyl groups excluding tert-OH is 1. The van der Waals surface area contributed by atoms with E-state index in [2.05, 4.69) is 0 Å². The Hall–Kier alpha value is -1.77. The van der Waals surface area contributed by atoms with Gasteiger partial charge >= 0.3 is 0 Å². The fourth-order valence-corrected chi connectivity index (χ4v) is 1.79. The second-order valence-electron chi connectivity index (χ2n) is 3.89. The van der Waals surface area contributed by atoms with E-state index in [1.54, 1.807) is 12.0 Å². The Balaban J connectivity index is 2.11. The molecule has 2 rings (SSSR count). The van der Waals surface area contributed by atoms with Crippen molar-refractivity contribution in [1.82, 2.24) is 0 Å². The second kappa shape index (κ2) is 5.04. The quantitative estimate of drug-likeness (QED) is 0.802. The molecule has 1 aliphatic heterocycles. The predicted octanol–water partition coefficient (Wildman–Crippen LogP) is 1.49. The Bertz CT molecular complexity index is 460. The molecule has 0 aromatic heterocycles. The van der Waals surface area contributed by atoms with Crippen molar-refractivity contribution in [1.29, 1.82) is 0 Å². The van der Waals surface area contributed by atoms with Crippen LogP contribution in [0, 0.1) is 0 Å². The molecule has 4 nitrogen and oxygen atoms in total. The lowest BCUT2D eigenvalue weighted by Crippen LogP contribution is -2.13. The maximum absolute atomic E-state index is 10.6. The molecule has 1 aliphatic rings. The van der Waals surface area contributed by atoms with Crippen LogP contribution in [0.3, 0.4) is 0 Å². The number of carbonyl (C=O) groups excluding carboxylic acids is 1. The number of benzene rings is 1. The zero-order chi connectivity index (χ0) is 12.3. The highest BCUT2D eigenvalue weighted by Crippen LogP contribution is 2.33. The first-order chi connectivity index (χ1) is 8.24. The molecule has 0 fully saturated rings. The molecule has 17 heavy (non-hydrogen) atoms. The predicted molar refractivity (Wildman–Crippen MR) is 61.8 cm³/mol. The summed E-state index contributed by atoms with van der Waals surface area (Å²) in [6, 6.07) is 5.49. The van der Waals surface area contributed by atoms with Crippen LogP contribution < -0.4 is 9.47 Å². The van der Waals surface area contributed by atoms with Gasteiger partial charge in [0.1, 0.15) is 5.94 Å². The van der Waals surface area contributed by atoms with Gasteiger partial charge < -0.3 is 14.6 Å². The number of ether oxygens (including phenoxy) is 2.